The molecule has 0 aliphatic rings. The molecule has 3 heteroatoms. The summed E-state index contributed by atoms with van der Waals surface area (Å²) in [5.41, 5.74) is 2.67. The van der Waals surface area contributed by atoms with Crippen molar-refractivity contribution in [2.45, 2.75) is 27.2 Å². The molecule has 0 bridgehead atoms. The summed E-state index contributed by atoms with van der Waals surface area (Å²) >= 11 is 0. The molecule has 0 aromatic carbocycles. The van der Waals surface area contributed by atoms with Crippen molar-refractivity contribution in [1.82, 2.24) is 9.78 Å². The summed E-state index contributed by atoms with van der Waals surface area (Å²) in [6, 6.07) is 0. The fraction of sp³-hybridized carbons (Fsp3) is 0.267. The highest BCUT2D eigenvalue weighted by molar-refractivity contribution is 5.60. The average molecular weight is 244 g/mol. The van der Waals surface area contributed by atoms with E-state index in [-0.39, 0.29) is 5.83 Å². The third-order valence-electron chi connectivity index (χ3n) is 2.45. The van der Waals surface area contributed by atoms with Crippen molar-refractivity contribution in [2.75, 3.05) is 0 Å². The second-order valence-corrected chi connectivity index (χ2v) is 4.01. The molecule has 0 N–H and O–H groups in total. The molecular weight excluding hydrogens is 227 g/mol. The standard InChI is InChI=1S/C15H17FN2/c1-5-12(3)9-15(8-7-13(4)16)18-11-14(6-2)10-17-18/h2,7-11H,5H2,1,3-4H3/b12-9+,13-7+,15-8+. The van der Waals surface area contributed by atoms with Gasteiger partial charge in [0.25, 0.3) is 0 Å². The molecule has 0 radical (unpaired) electrons. The maximum Gasteiger partial charge on any atom is 0.0969 e. The molecule has 0 fully saturated rings. The minimum absolute atomic E-state index is 0.251. The molecule has 0 unspecified atom stereocenters. The lowest BCUT2D eigenvalue weighted by atomic mass is 10.2. The van der Waals surface area contributed by atoms with Crippen molar-refractivity contribution in [3.8, 4) is 12.3 Å². The quantitative estimate of drug-likeness (QED) is 0.579. The van der Waals surface area contributed by atoms with Gasteiger partial charge in [0.15, 0.2) is 0 Å². The summed E-state index contributed by atoms with van der Waals surface area (Å²) in [7, 11) is 0. The number of halogens is 1. The Balaban J connectivity index is 3.17. The predicted molar refractivity (Wildman–Crippen MR) is 73.3 cm³/mol. The van der Waals surface area contributed by atoms with E-state index in [1.165, 1.54) is 18.6 Å². The van der Waals surface area contributed by atoms with Crippen LogP contribution in [0.5, 0.6) is 0 Å². The SMILES string of the molecule is C#Cc1cnn(C(/C=C(\C)CC)=C/C=C(\C)F)c1. The first kappa shape index (κ1) is 14.0. The maximum absolute atomic E-state index is 12.8. The third-order valence-corrected chi connectivity index (χ3v) is 2.45. The second kappa shape index (κ2) is 6.61. The topological polar surface area (TPSA) is 17.8 Å². The summed E-state index contributed by atoms with van der Waals surface area (Å²) in [4.78, 5) is 0. The molecule has 94 valence electrons. The van der Waals surface area contributed by atoms with Gasteiger partial charge in [-0.3, -0.25) is 0 Å². The Kier molecular flexibility index (Phi) is 5.13. The first-order valence-corrected chi connectivity index (χ1v) is 5.79. The highest BCUT2D eigenvalue weighted by Crippen LogP contribution is 2.12. The first-order chi connectivity index (χ1) is 8.56. The van der Waals surface area contributed by atoms with Crippen molar-refractivity contribution < 1.29 is 4.39 Å². The van der Waals surface area contributed by atoms with Crippen LogP contribution < -0.4 is 0 Å². The van der Waals surface area contributed by atoms with Crippen molar-refractivity contribution in [1.29, 1.82) is 0 Å². The van der Waals surface area contributed by atoms with Gasteiger partial charge >= 0.3 is 0 Å². The smallest absolute Gasteiger partial charge is 0.0969 e. The number of hydrogen-bond donors (Lipinski definition) is 0. The Hall–Kier alpha value is -2.08. The van der Waals surface area contributed by atoms with Crippen LogP contribution in [0.15, 0.2) is 42.0 Å². The van der Waals surface area contributed by atoms with E-state index in [0.717, 1.165) is 12.1 Å². The largest absolute Gasteiger partial charge is 0.240 e. The lowest BCUT2D eigenvalue weighted by Crippen LogP contribution is -1.95. The van der Waals surface area contributed by atoms with Gasteiger partial charge in [-0.1, -0.05) is 18.4 Å². The third kappa shape index (κ3) is 4.06. The number of aromatic nitrogens is 2. The maximum atomic E-state index is 12.8. The molecule has 1 heterocycles. The molecule has 1 aromatic rings. The van der Waals surface area contributed by atoms with Crippen LogP contribution in [-0.4, -0.2) is 9.78 Å². The van der Waals surface area contributed by atoms with E-state index < -0.39 is 0 Å². The Morgan fingerprint density at radius 1 is 1.50 bits per heavy atom. The van der Waals surface area contributed by atoms with Gasteiger partial charge in [0.05, 0.1) is 23.3 Å². The fourth-order valence-corrected chi connectivity index (χ4v) is 1.28. The number of rotatable bonds is 4. The molecular formula is C15H17FN2. The van der Waals surface area contributed by atoms with Gasteiger partial charge < -0.3 is 0 Å². The van der Waals surface area contributed by atoms with E-state index in [1.54, 1.807) is 23.2 Å². The molecule has 1 aromatic heterocycles. The van der Waals surface area contributed by atoms with Gasteiger partial charge in [0, 0.05) is 6.20 Å². The molecule has 0 amide bonds. The first-order valence-electron chi connectivity index (χ1n) is 5.79. The zero-order chi connectivity index (χ0) is 13.5. The number of hydrogen-bond acceptors (Lipinski definition) is 1. The van der Waals surface area contributed by atoms with Crippen LogP contribution in [0.3, 0.4) is 0 Å². The minimum Gasteiger partial charge on any atom is -0.240 e. The van der Waals surface area contributed by atoms with Gasteiger partial charge in [-0.2, -0.15) is 5.10 Å². The second-order valence-electron chi connectivity index (χ2n) is 4.01. The molecule has 1 rings (SSSR count). The van der Waals surface area contributed by atoms with Crippen LogP contribution in [0.25, 0.3) is 5.70 Å². The summed E-state index contributed by atoms with van der Waals surface area (Å²) in [5, 5.41) is 4.16. The zero-order valence-corrected chi connectivity index (χ0v) is 10.9. The molecule has 2 nitrogen and oxygen atoms in total. The number of terminal acetylenes is 1. The van der Waals surface area contributed by atoms with E-state index in [2.05, 4.69) is 17.9 Å². The van der Waals surface area contributed by atoms with E-state index in [0.29, 0.717) is 5.56 Å². The highest BCUT2D eigenvalue weighted by Gasteiger charge is 2.00. The number of allylic oxidation sites excluding steroid dienone is 6. The Morgan fingerprint density at radius 3 is 2.72 bits per heavy atom. The Morgan fingerprint density at radius 2 is 2.22 bits per heavy atom. The van der Waals surface area contributed by atoms with Crippen molar-refractivity contribution >= 4 is 5.70 Å². The van der Waals surface area contributed by atoms with Crippen molar-refractivity contribution in [3.63, 3.8) is 0 Å². The van der Waals surface area contributed by atoms with E-state index in [9.17, 15) is 4.39 Å². The van der Waals surface area contributed by atoms with Gasteiger partial charge in [0.1, 0.15) is 0 Å². The lowest BCUT2D eigenvalue weighted by Gasteiger charge is -2.03. The molecule has 0 aliphatic heterocycles. The monoisotopic (exact) mass is 244 g/mol. The lowest BCUT2D eigenvalue weighted by molar-refractivity contribution is 0.640. The van der Waals surface area contributed by atoms with Crippen LogP contribution in [-0.2, 0) is 0 Å². The Labute approximate surface area is 108 Å². The van der Waals surface area contributed by atoms with Crippen LogP contribution in [0.4, 0.5) is 4.39 Å². The molecule has 0 atom stereocenters. The Bertz CT molecular complexity index is 535. The normalized spacial score (nSPS) is 13.6. The minimum atomic E-state index is -0.251. The van der Waals surface area contributed by atoms with Crippen LogP contribution in [0, 0.1) is 12.3 Å². The highest BCUT2D eigenvalue weighted by atomic mass is 19.1. The molecule has 18 heavy (non-hydrogen) atoms. The van der Waals surface area contributed by atoms with Gasteiger partial charge in [0.2, 0.25) is 0 Å². The van der Waals surface area contributed by atoms with Crippen molar-refractivity contribution in [2.24, 2.45) is 0 Å². The van der Waals surface area contributed by atoms with E-state index in [1.807, 2.05) is 13.0 Å². The molecule has 0 aliphatic carbocycles. The van der Waals surface area contributed by atoms with Gasteiger partial charge in [-0.15, -0.1) is 6.42 Å². The molecule has 0 spiro atoms. The van der Waals surface area contributed by atoms with Crippen molar-refractivity contribution in [3.05, 3.63) is 47.6 Å². The predicted octanol–water partition coefficient (Wildman–Crippen LogP) is 3.93. The summed E-state index contributed by atoms with van der Waals surface area (Å²) in [6.45, 7) is 5.49. The average Bonchev–Trinajstić information content (AvgIpc) is 2.82. The summed E-state index contributed by atoms with van der Waals surface area (Å²) in [5.74, 6) is 2.26. The van der Waals surface area contributed by atoms with E-state index >= 15 is 0 Å². The van der Waals surface area contributed by atoms with Crippen LogP contribution >= 0.6 is 0 Å². The van der Waals surface area contributed by atoms with Crippen LogP contribution in [0.1, 0.15) is 32.8 Å². The molecule has 0 saturated carbocycles. The fourth-order valence-electron chi connectivity index (χ4n) is 1.28. The van der Waals surface area contributed by atoms with Gasteiger partial charge in [-0.05, 0) is 38.5 Å². The van der Waals surface area contributed by atoms with Gasteiger partial charge in [-0.25, -0.2) is 9.07 Å². The number of nitrogens with zero attached hydrogens (tertiary/aromatic N) is 2. The summed E-state index contributed by atoms with van der Waals surface area (Å²) in [6.07, 6.45) is 14.6. The summed E-state index contributed by atoms with van der Waals surface area (Å²) < 4.78 is 14.4. The van der Waals surface area contributed by atoms with Crippen LogP contribution in [0.2, 0.25) is 0 Å². The molecule has 0 saturated heterocycles. The zero-order valence-electron chi connectivity index (χ0n) is 10.9. The van der Waals surface area contributed by atoms with E-state index in [4.69, 9.17) is 6.42 Å².